The molecule has 1 aromatic carbocycles. The lowest BCUT2D eigenvalue weighted by Crippen LogP contribution is -2.09. The van der Waals surface area contributed by atoms with E-state index < -0.39 is 6.29 Å². The van der Waals surface area contributed by atoms with Gasteiger partial charge in [-0.3, -0.25) is 0 Å². The van der Waals surface area contributed by atoms with Crippen molar-refractivity contribution in [3.63, 3.8) is 0 Å². The molecule has 4 heteroatoms. The van der Waals surface area contributed by atoms with E-state index >= 15 is 0 Å². The van der Waals surface area contributed by atoms with E-state index in [4.69, 9.17) is 15.6 Å². The summed E-state index contributed by atoms with van der Waals surface area (Å²) in [7, 11) is 0. The van der Waals surface area contributed by atoms with Crippen molar-refractivity contribution in [3.05, 3.63) is 24.3 Å². The molecule has 0 fully saturated rings. The van der Waals surface area contributed by atoms with E-state index in [1.165, 1.54) is 0 Å². The fraction of sp³-hybridized carbons (Fsp3) is 0.250. The summed E-state index contributed by atoms with van der Waals surface area (Å²) < 4.78 is 4.97. The lowest BCUT2D eigenvalue weighted by atomic mass is 10.3. The average Bonchev–Trinajstić information content (AvgIpc) is 1.93. The Kier molecular flexibility index (Phi) is 4.47. The molecule has 0 aliphatic carbocycles. The molecule has 0 bridgehead atoms. The van der Waals surface area contributed by atoms with Crippen molar-refractivity contribution in [3.8, 4) is 5.75 Å². The number of ether oxygens (including phenoxy) is 1. The molecule has 0 amide bonds. The molecule has 3 nitrogen and oxygen atoms in total. The number of anilines is 1. The minimum atomic E-state index is -0.779. The second-order valence-electron chi connectivity index (χ2n) is 2.29. The Morgan fingerprint density at radius 2 is 1.83 bits per heavy atom. The van der Waals surface area contributed by atoms with Crippen LogP contribution >= 0.6 is 12.4 Å². The van der Waals surface area contributed by atoms with Crippen molar-refractivity contribution in [2.24, 2.45) is 0 Å². The molecule has 68 valence electrons. The Labute approximate surface area is 77.6 Å². The van der Waals surface area contributed by atoms with Crippen LogP contribution in [0.2, 0.25) is 0 Å². The molecule has 1 aromatic rings. The van der Waals surface area contributed by atoms with Gasteiger partial charge in [0.15, 0.2) is 6.29 Å². The molecule has 0 radical (unpaired) electrons. The second kappa shape index (κ2) is 4.85. The van der Waals surface area contributed by atoms with Crippen LogP contribution in [0.3, 0.4) is 0 Å². The molecule has 1 rings (SSSR count). The highest BCUT2D eigenvalue weighted by atomic mass is 35.5. The first-order chi connectivity index (χ1) is 5.18. The van der Waals surface area contributed by atoms with Crippen molar-refractivity contribution in [1.29, 1.82) is 0 Å². The smallest absolute Gasteiger partial charge is 0.194 e. The number of hydrogen-bond donors (Lipinski definition) is 2. The fourth-order valence-corrected chi connectivity index (χ4v) is 0.743. The van der Waals surface area contributed by atoms with E-state index in [0.29, 0.717) is 11.4 Å². The van der Waals surface area contributed by atoms with Crippen LogP contribution in [0.25, 0.3) is 0 Å². The Morgan fingerprint density at radius 1 is 1.33 bits per heavy atom. The first-order valence-corrected chi connectivity index (χ1v) is 3.39. The molecule has 0 saturated carbocycles. The van der Waals surface area contributed by atoms with Crippen molar-refractivity contribution in [2.45, 2.75) is 13.2 Å². The topological polar surface area (TPSA) is 55.5 Å². The highest BCUT2D eigenvalue weighted by Gasteiger charge is 1.96. The fourth-order valence-electron chi connectivity index (χ4n) is 0.743. The molecular weight excluding hydrogens is 178 g/mol. The number of benzene rings is 1. The number of nitrogens with two attached hydrogens (primary N) is 1. The maximum atomic E-state index is 8.82. The summed E-state index contributed by atoms with van der Waals surface area (Å²) in [6.07, 6.45) is -0.779. The molecular formula is C8H12ClNO2. The number of nitrogen functional groups attached to an aromatic ring is 1. The maximum absolute atomic E-state index is 8.82. The van der Waals surface area contributed by atoms with Crippen molar-refractivity contribution in [1.82, 2.24) is 0 Å². The van der Waals surface area contributed by atoms with Crippen LogP contribution in [-0.2, 0) is 0 Å². The second-order valence-corrected chi connectivity index (χ2v) is 2.29. The summed E-state index contributed by atoms with van der Waals surface area (Å²) in [5, 5.41) is 8.82. The van der Waals surface area contributed by atoms with E-state index in [0.717, 1.165) is 0 Å². The Bertz CT molecular complexity index is 223. The predicted octanol–water partition coefficient (Wildman–Crippen LogP) is 1.41. The molecule has 0 aromatic heterocycles. The van der Waals surface area contributed by atoms with E-state index in [-0.39, 0.29) is 12.4 Å². The molecule has 0 saturated heterocycles. The zero-order valence-corrected chi connectivity index (χ0v) is 7.54. The molecule has 0 aliphatic rings. The molecule has 3 N–H and O–H groups in total. The highest BCUT2D eigenvalue weighted by molar-refractivity contribution is 5.85. The average molecular weight is 190 g/mol. The van der Waals surface area contributed by atoms with E-state index in [1.54, 1.807) is 31.2 Å². The van der Waals surface area contributed by atoms with Gasteiger partial charge in [-0.25, -0.2) is 0 Å². The molecule has 12 heavy (non-hydrogen) atoms. The largest absolute Gasteiger partial charge is 0.465 e. The first kappa shape index (κ1) is 11.1. The Balaban J connectivity index is 0.00000121. The van der Waals surface area contributed by atoms with Gasteiger partial charge >= 0.3 is 0 Å². The standard InChI is InChI=1S/C8H11NO2.ClH/c1-6(10)11-8-4-2-7(9)3-5-8;/h2-6,10H,9H2,1H3;1H. The third-order valence-electron chi connectivity index (χ3n) is 1.19. The van der Waals surface area contributed by atoms with Crippen LogP contribution in [0, 0.1) is 0 Å². The minimum Gasteiger partial charge on any atom is -0.465 e. The van der Waals surface area contributed by atoms with Crippen LogP contribution < -0.4 is 10.5 Å². The van der Waals surface area contributed by atoms with Crippen molar-refractivity contribution in [2.75, 3.05) is 5.73 Å². The zero-order valence-electron chi connectivity index (χ0n) is 6.73. The number of rotatable bonds is 2. The molecule has 0 heterocycles. The van der Waals surface area contributed by atoms with Gasteiger partial charge in [-0.2, -0.15) is 0 Å². The van der Waals surface area contributed by atoms with Crippen LogP contribution in [0.4, 0.5) is 5.69 Å². The molecule has 0 spiro atoms. The third kappa shape index (κ3) is 3.46. The van der Waals surface area contributed by atoms with Crippen LogP contribution in [0.15, 0.2) is 24.3 Å². The zero-order chi connectivity index (χ0) is 8.27. The lowest BCUT2D eigenvalue weighted by Gasteiger charge is -2.07. The van der Waals surface area contributed by atoms with Gasteiger partial charge in [0.25, 0.3) is 0 Å². The first-order valence-electron chi connectivity index (χ1n) is 3.39. The predicted molar refractivity (Wildman–Crippen MR) is 50.4 cm³/mol. The van der Waals surface area contributed by atoms with Gasteiger partial charge < -0.3 is 15.6 Å². The summed E-state index contributed by atoms with van der Waals surface area (Å²) in [6, 6.07) is 6.86. The van der Waals surface area contributed by atoms with Gasteiger partial charge in [0.1, 0.15) is 5.75 Å². The summed E-state index contributed by atoms with van der Waals surface area (Å²) >= 11 is 0. The summed E-state index contributed by atoms with van der Waals surface area (Å²) in [4.78, 5) is 0. The number of aliphatic hydroxyl groups is 1. The number of halogens is 1. The van der Waals surface area contributed by atoms with E-state index in [9.17, 15) is 0 Å². The third-order valence-corrected chi connectivity index (χ3v) is 1.19. The van der Waals surface area contributed by atoms with Crippen LogP contribution in [-0.4, -0.2) is 11.4 Å². The summed E-state index contributed by atoms with van der Waals surface area (Å²) in [5.74, 6) is 0.620. The molecule has 1 atom stereocenters. The van der Waals surface area contributed by atoms with Gasteiger partial charge in [0.2, 0.25) is 0 Å². The van der Waals surface area contributed by atoms with E-state index in [2.05, 4.69) is 0 Å². The molecule has 1 unspecified atom stereocenters. The number of aliphatic hydroxyl groups excluding tert-OH is 1. The normalized spacial score (nSPS) is 11.5. The minimum absolute atomic E-state index is 0. The van der Waals surface area contributed by atoms with Gasteiger partial charge in [-0.15, -0.1) is 12.4 Å². The van der Waals surface area contributed by atoms with Crippen molar-refractivity contribution >= 4 is 18.1 Å². The monoisotopic (exact) mass is 189 g/mol. The van der Waals surface area contributed by atoms with Gasteiger partial charge in [-0.1, -0.05) is 0 Å². The van der Waals surface area contributed by atoms with Gasteiger partial charge in [0.05, 0.1) is 0 Å². The maximum Gasteiger partial charge on any atom is 0.194 e. The van der Waals surface area contributed by atoms with Crippen molar-refractivity contribution < 1.29 is 9.84 Å². The SMILES string of the molecule is CC(O)Oc1ccc(N)cc1.Cl. The molecule has 0 aliphatic heterocycles. The number of hydrogen-bond acceptors (Lipinski definition) is 3. The Hall–Kier alpha value is -0.930. The summed E-state index contributed by atoms with van der Waals surface area (Å²) in [6.45, 7) is 1.55. The van der Waals surface area contributed by atoms with E-state index in [1.807, 2.05) is 0 Å². The van der Waals surface area contributed by atoms with Gasteiger partial charge in [0, 0.05) is 5.69 Å². The summed E-state index contributed by atoms with van der Waals surface area (Å²) in [5.41, 5.74) is 6.12. The quantitative estimate of drug-likeness (QED) is 0.547. The Morgan fingerprint density at radius 3 is 2.25 bits per heavy atom. The van der Waals surface area contributed by atoms with Crippen LogP contribution in [0.1, 0.15) is 6.92 Å². The highest BCUT2D eigenvalue weighted by Crippen LogP contribution is 2.13. The lowest BCUT2D eigenvalue weighted by molar-refractivity contribution is -0.000279. The van der Waals surface area contributed by atoms with Crippen LogP contribution in [0.5, 0.6) is 5.75 Å². The van der Waals surface area contributed by atoms with Gasteiger partial charge in [-0.05, 0) is 31.2 Å².